The summed E-state index contributed by atoms with van der Waals surface area (Å²) in [7, 11) is -0.892. The summed E-state index contributed by atoms with van der Waals surface area (Å²) in [5, 5.41) is 8.39. The van der Waals surface area contributed by atoms with Crippen LogP contribution in [0, 0.1) is 12.1 Å². The van der Waals surface area contributed by atoms with Crippen molar-refractivity contribution in [2.75, 3.05) is 0 Å². The number of rotatable bonds is 9. The minimum Gasteiger partial charge on any atom is -1.00 e. The summed E-state index contributed by atoms with van der Waals surface area (Å²) in [5.41, 5.74) is 4.35. The Balaban J connectivity index is 0. The largest absolute Gasteiger partial charge is 5.00 e. The standard InChI is InChI=1S/2C18H15P.C16H13.C10H9O.6FH.Ir.Sb/c2*1-4-10-16(11-5-1)19(17-12-6-2-7-13-17)18-14-8-3-9-15-18;1-3-9-15(10-4-1)13-7-8-14-16-11-5-2-6-12-16;11-10-7-3-5-8-4-1-2-6-9(8)10;;;;;;;;/h2*1-15H;1-7,9-14H;1-2,4H,3,5,7H2;6*1H;;/q;;2*-1;;;;;;;+3;+5/p-6/b;;13-7+;;;;;;;;;. The van der Waals surface area contributed by atoms with Crippen molar-refractivity contribution in [2.24, 2.45) is 0 Å². The van der Waals surface area contributed by atoms with Crippen molar-refractivity contribution < 1.29 is 53.1 Å². The van der Waals surface area contributed by atoms with Crippen molar-refractivity contribution in [3.8, 4) is 0 Å². The van der Waals surface area contributed by atoms with Crippen LogP contribution in [-0.2, 0) is 26.5 Å². The van der Waals surface area contributed by atoms with E-state index in [1.807, 2.05) is 72.8 Å². The molecule has 0 bridgehead atoms. The maximum Gasteiger partial charge on any atom is 5.00 e. The molecule has 73 heavy (non-hydrogen) atoms. The van der Waals surface area contributed by atoms with Crippen LogP contribution in [0.3, 0.4) is 0 Å². The number of halogens is 6. The summed E-state index contributed by atoms with van der Waals surface area (Å²) < 4.78 is 0. The summed E-state index contributed by atoms with van der Waals surface area (Å²) in [6.07, 6.45) is 11.8. The van der Waals surface area contributed by atoms with Crippen LogP contribution in [-0.4, -0.2) is 30.2 Å². The molecule has 1 aliphatic carbocycles. The van der Waals surface area contributed by atoms with Gasteiger partial charge in [0.2, 0.25) is 0 Å². The van der Waals surface area contributed by atoms with Gasteiger partial charge < -0.3 is 33.0 Å². The zero-order valence-corrected chi connectivity index (χ0v) is 46.3. The van der Waals surface area contributed by atoms with E-state index in [1.165, 1.54) is 48.5 Å². The van der Waals surface area contributed by atoms with E-state index in [-0.39, 0.29) is 78.5 Å². The van der Waals surface area contributed by atoms with Gasteiger partial charge in [-0.15, -0.1) is 53.1 Å². The smallest absolute Gasteiger partial charge is 1.00 e. The first-order valence-electron chi connectivity index (χ1n) is 22.0. The number of allylic oxidation sites excluding steroid dienone is 2. The first-order valence-corrected chi connectivity index (χ1v) is 24.7. The monoisotopic (exact) mass is 1300 g/mol. The molecular formula is C62H52F6IrOP2Sb. The molecule has 0 heterocycles. The Morgan fingerprint density at radius 3 is 1.00 bits per heavy atom. The SMILES string of the molecule is O=C1CCCc2ccc[c-]c21.[C-](=Cc1ccccc1)/C=C/c1ccccc1.[F-].[F-].[F-].[F-].[F-].[F-].[Ir+3].[Sb+5].c1ccc(P(c2ccccc2)c2ccccc2)cc1.c1ccc(P(c2ccccc2)c2ccccc2)cc1. The van der Waals surface area contributed by atoms with Gasteiger partial charge in [-0.25, -0.2) is 0 Å². The second-order valence-electron chi connectivity index (χ2n) is 15.0. The van der Waals surface area contributed by atoms with Gasteiger partial charge in [0.25, 0.3) is 0 Å². The van der Waals surface area contributed by atoms with Gasteiger partial charge in [-0.05, 0) is 54.1 Å². The number of hydrogen-bond donors (Lipinski definition) is 0. The molecule has 0 radical (unpaired) electrons. The van der Waals surface area contributed by atoms with Crippen molar-refractivity contribution in [1.29, 1.82) is 0 Å². The third kappa shape index (κ3) is 22.4. The van der Waals surface area contributed by atoms with Gasteiger partial charge in [-0.3, -0.25) is 0 Å². The molecule has 0 saturated carbocycles. The van der Waals surface area contributed by atoms with E-state index in [2.05, 4.69) is 218 Å². The third-order valence-electron chi connectivity index (χ3n) is 10.4. The van der Waals surface area contributed by atoms with Gasteiger partial charge >= 0.3 is 44.5 Å². The summed E-state index contributed by atoms with van der Waals surface area (Å²) >= 11 is 0. The predicted octanol–water partition coefficient (Wildman–Crippen LogP) is -5.25. The van der Waals surface area contributed by atoms with E-state index >= 15 is 0 Å². The number of benzene rings is 9. The van der Waals surface area contributed by atoms with Gasteiger partial charge in [0.15, 0.2) is 0 Å². The second kappa shape index (κ2) is 39.6. The fraction of sp³-hybridized carbons (Fsp3) is 0.0484. The molecule has 9 aromatic carbocycles. The van der Waals surface area contributed by atoms with Crippen LogP contribution in [0.5, 0.6) is 0 Å². The molecule has 9 aromatic rings. The van der Waals surface area contributed by atoms with E-state index < -0.39 is 15.8 Å². The van der Waals surface area contributed by atoms with E-state index in [4.69, 9.17) is 0 Å². The number of Topliss-reactive ketones (excluding diaryl/α,β-unsaturated/α-hetero) is 1. The average molecular weight is 1300 g/mol. The minimum absolute atomic E-state index is 0. The van der Waals surface area contributed by atoms with Gasteiger partial charge in [-0.1, -0.05) is 249 Å². The van der Waals surface area contributed by atoms with Crippen molar-refractivity contribution in [3.63, 3.8) is 0 Å². The van der Waals surface area contributed by atoms with Crippen LogP contribution >= 0.6 is 15.8 Å². The zero-order chi connectivity index (χ0) is 44.6. The minimum atomic E-state index is -0.446. The summed E-state index contributed by atoms with van der Waals surface area (Å²) in [6.45, 7) is 0. The van der Waals surface area contributed by atoms with E-state index in [0.29, 0.717) is 6.42 Å². The van der Waals surface area contributed by atoms with E-state index in [1.54, 1.807) is 0 Å². The van der Waals surface area contributed by atoms with Crippen LogP contribution in [0.4, 0.5) is 0 Å². The van der Waals surface area contributed by atoms with Crippen LogP contribution in [0.1, 0.15) is 39.9 Å². The van der Waals surface area contributed by atoms with Gasteiger partial charge in [0.05, 0.1) is 5.78 Å². The average Bonchev–Trinajstić information content (AvgIpc) is 3.39. The van der Waals surface area contributed by atoms with E-state index in [9.17, 15) is 4.79 Å². The molecular weight excluding hydrogens is 1250 g/mol. The molecule has 0 atom stereocenters. The zero-order valence-electron chi connectivity index (χ0n) is 39.5. The molecule has 1 aliphatic rings. The van der Waals surface area contributed by atoms with Crippen molar-refractivity contribution >= 4 is 90.0 Å². The molecule has 0 saturated heterocycles. The molecule has 11 heteroatoms. The van der Waals surface area contributed by atoms with Crippen molar-refractivity contribution in [1.82, 2.24) is 0 Å². The molecule has 0 unspecified atom stereocenters. The fourth-order valence-electron chi connectivity index (χ4n) is 7.26. The van der Waals surface area contributed by atoms with Crippen molar-refractivity contribution in [3.05, 3.63) is 301 Å². The summed E-state index contributed by atoms with van der Waals surface area (Å²) in [4.78, 5) is 11.3. The fourth-order valence-corrected chi connectivity index (χ4v) is 11.9. The third-order valence-corrected chi connectivity index (χ3v) is 15.3. The van der Waals surface area contributed by atoms with Crippen LogP contribution in [0.2, 0.25) is 0 Å². The molecule has 0 N–H and O–H groups in total. The molecule has 1 nitrogen and oxygen atoms in total. The number of aryl methyl sites for hydroxylation is 1. The maximum atomic E-state index is 11.3. The number of carbonyl (C=O) groups is 1. The molecule has 0 fully saturated rings. The Bertz CT molecular complexity index is 2450. The first kappa shape index (κ1) is 69.1. The Morgan fingerprint density at radius 1 is 0.384 bits per heavy atom. The summed E-state index contributed by atoms with van der Waals surface area (Å²) in [6, 6.07) is 93.8. The molecule has 0 aliphatic heterocycles. The van der Waals surface area contributed by atoms with Gasteiger partial charge in [-0.2, -0.15) is 24.3 Å². The molecule has 10 rings (SSSR count). The predicted molar refractivity (Wildman–Crippen MR) is 288 cm³/mol. The maximum absolute atomic E-state index is 11.3. The first-order chi connectivity index (χ1) is 32.2. The van der Waals surface area contributed by atoms with Crippen LogP contribution in [0.25, 0.3) is 12.2 Å². The van der Waals surface area contributed by atoms with Gasteiger partial charge in [0.1, 0.15) is 0 Å². The second-order valence-corrected chi connectivity index (χ2v) is 19.4. The number of hydrogen-bond acceptors (Lipinski definition) is 1. The quantitative estimate of drug-likeness (QED) is 0.0466. The Morgan fingerprint density at radius 2 is 0.685 bits per heavy atom. The number of carbonyl (C=O) groups excluding carboxylic acids is 1. The Labute approximate surface area is 460 Å². The van der Waals surface area contributed by atoms with Gasteiger partial charge in [0, 0.05) is 0 Å². The summed E-state index contributed by atoms with van der Waals surface area (Å²) in [5.74, 6) is 0.256. The molecule has 372 valence electrons. The van der Waals surface area contributed by atoms with E-state index in [0.717, 1.165) is 18.4 Å². The Kier molecular flexibility index (Phi) is 37.4. The molecule has 0 spiro atoms. The number of ketones is 1. The van der Waals surface area contributed by atoms with Crippen molar-refractivity contribution in [2.45, 2.75) is 19.3 Å². The Hall–Kier alpha value is -5.96. The number of fused-ring (bicyclic) bond motifs is 1. The molecule has 0 amide bonds. The topological polar surface area (TPSA) is 17.1 Å². The normalized spacial score (nSPS) is 10.4. The molecule has 0 aromatic heterocycles. The van der Waals surface area contributed by atoms with Crippen LogP contribution < -0.4 is 60.1 Å². The van der Waals surface area contributed by atoms with Crippen LogP contribution in [0.15, 0.2) is 267 Å².